The van der Waals surface area contributed by atoms with Crippen molar-refractivity contribution < 1.29 is 9.53 Å². The van der Waals surface area contributed by atoms with Crippen LogP contribution in [0.2, 0.25) is 5.02 Å². The third kappa shape index (κ3) is 5.15. The molecule has 3 aromatic rings. The second-order valence-corrected chi connectivity index (χ2v) is 6.21. The van der Waals surface area contributed by atoms with E-state index in [1.807, 2.05) is 37.3 Å². The van der Waals surface area contributed by atoms with Crippen LogP contribution in [0.25, 0.3) is 0 Å². The Bertz CT molecular complexity index is 964. The van der Waals surface area contributed by atoms with Gasteiger partial charge in [-0.05, 0) is 30.2 Å². The number of halogens is 1. The third-order valence-electron chi connectivity index (χ3n) is 3.75. The molecule has 0 saturated carbocycles. The Balaban J connectivity index is 1.65. The molecule has 0 atom stereocenters. The van der Waals surface area contributed by atoms with Gasteiger partial charge in [-0.1, -0.05) is 48.0 Å². The van der Waals surface area contributed by atoms with Crippen molar-refractivity contribution in [3.05, 3.63) is 70.5 Å². The maximum atomic E-state index is 12.0. The van der Waals surface area contributed by atoms with E-state index in [2.05, 4.69) is 20.3 Å². The predicted octanol–water partition coefficient (Wildman–Crippen LogP) is 3.45. The Hall–Kier alpha value is -3.19. The number of benzene rings is 2. The van der Waals surface area contributed by atoms with Gasteiger partial charge >= 0.3 is 5.97 Å². The Morgan fingerprint density at radius 2 is 1.85 bits per heavy atom. The van der Waals surface area contributed by atoms with Crippen LogP contribution in [0, 0.1) is 6.92 Å². The van der Waals surface area contributed by atoms with Crippen LogP contribution in [0.3, 0.4) is 0 Å². The first kappa shape index (κ1) is 18.6. The molecule has 27 heavy (non-hydrogen) atoms. The molecule has 3 rings (SSSR count). The summed E-state index contributed by atoms with van der Waals surface area (Å²) < 4.78 is 5.24. The fraction of sp³-hybridized carbons (Fsp3) is 0.158. The second-order valence-electron chi connectivity index (χ2n) is 5.80. The highest BCUT2D eigenvalue weighted by atomic mass is 35.5. The van der Waals surface area contributed by atoms with E-state index in [-0.39, 0.29) is 30.7 Å². The average Bonchev–Trinajstić information content (AvgIpc) is 2.63. The summed E-state index contributed by atoms with van der Waals surface area (Å²) in [6.07, 6.45) is 0.0640. The summed E-state index contributed by atoms with van der Waals surface area (Å²) in [5.41, 5.74) is 8.32. The van der Waals surface area contributed by atoms with E-state index in [1.165, 1.54) is 0 Å². The highest BCUT2D eigenvalue weighted by Gasteiger charge is 2.11. The third-order valence-corrected chi connectivity index (χ3v) is 4.11. The van der Waals surface area contributed by atoms with Crippen LogP contribution in [0.4, 0.5) is 17.6 Å². The molecule has 0 spiro atoms. The molecule has 0 radical (unpaired) electrons. The zero-order valence-electron chi connectivity index (χ0n) is 14.6. The first-order chi connectivity index (χ1) is 13.0. The number of aryl methyl sites for hydroxylation is 1. The van der Waals surface area contributed by atoms with Crippen molar-refractivity contribution in [2.75, 3.05) is 11.1 Å². The molecule has 1 heterocycles. The molecule has 138 valence electrons. The van der Waals surface area contributed by atoms with Crippen molar-refractivity contribution in [3.63, 3.8) is 0 Å². The maximum Gasteiger partial charge on any atom is 0.310 e. The minimum atomic E-state index is -0.435. The van der Waals surface area contributed by atoms with E-state index in [0.717, 1.165) is 11.3 Å². The van der Waals surface area contributed by atoms with Gasteiger partial charge in [-0.25, -0.2) is 0 Å². The summed E-state index contributed by atoms with van der Waals surface area (Å²) >= 11 is 6.05. The van der Waals surface area contributed by atoms with Crippen molar-refractivity contribution in [2.24, 2.45) is 0 Å². The number of carbonyl (C=O) groups is 1. The number of nitrogens with one attached hydrogen (secondary N) is 1. The summed E-state index contributed by atoms with van der Waals surface area (Å²) in [5.74, 6) is 0.147. The minimum absolute atomic E-state index is 0.0400. The highest BCUT2D eigenvalue weighted by molar-refractivity contribution is 6.31. The standard InChI is InChI=1S/C19H18ClN5O2/c1-12-6-2-5-9-15(12)22-19-24-16(23-18(21)25-19)11-27-17(26)10-13-7-3-4-8-14(13)20/h2-9H,10-11H2,1H3,(H3,21,22,23,24,25). The molecule has 0 unspecified atom stereocenters. The quantitative estimate of drug-likeness (QED) is 0.628. The van der Waals surface area contributed by atoms with Crippen LogP contribution >= 0.6 is 11.6 Å². The largest absolute Gasteiger partial charge is 0.457 e. The lowest BCUT2D eigenvalue weighted by atomic mass is 10.1. The van der Waals surface area contributed by atoms with Crippen molar-refractivity contribution in [1.29, 1.82) is 0 Å². The molecule has 3 N–H and O–H groups in total. The maximum absolute atomic E-state index is 12.0. The number of nitrogens with zero attached hydrogens (tertiary/aromatic N) is 3. The van der Waals surface area contributed by atoms with Gasteiger partial charge in [0.25, 0.3) is 0 Å². The van der Waals surface area contributed by atoms with Gasteiger partial charge in [0.2, 0.25) is 11.9 Å². The van der Waals surface area contributed by atoms with Crippen LogP contribution in [0.5, 0.6) is 0 Å². The number of aromatic nitrogens is 3. The van der Waals surface area contributed by atoms with Gasteiger partial charge < -0.3 is 15.8 Å². The monoisotopic (exact) mass is 383 g/mol. The molecule has 0 aliphatic rings. The number of esters is 1. The smallest absolute Gasteiger partial charge is 0.310 e. The fourth-order valence-corrected chi connectivity index (χ4v) is 2.59. The van der Waals surface area contributed by atoms with Gasteiger partial charge in [-0.3, -0.25) is 4.79 Å². The van der Waals surface area contributed by atoms with Gasteiger partial charge in [0.05, 0.1) is 6.42 Å². The minimum Gasteiger partial charge on any atom is -0.457 e. The average molecular weight is 384 g/mol. The van der Waals surface area contributed by atoms with Gasteiger partial charge in [-0.15, -0.1) is 0 Å². The topological polar surface area (TPSA) is 103 Å². The Morgan fingerprint density at radius 1 is 1.11 bits per heavy atom. The van der Waals surface area contributed by atoms with E-state index >= 15 is 0 Å². The molecular weight excluding hydrogens is 366 g/mol. The first-order valence-electron chi connectivity index (χ1n) is 8.23. The number of hydrogen-bond acceptors (Lipinski definition) is 7. The number of anilines is 3. The molecule has 1 aromatic heterocycles. The van der Waals surface area contributed by atoms with Gasteiger partial charge in [0, 0.05) is 10.7 Å². The zero-order valence-corrected chi connectivity index (χ0v) is 15.4. The van der Waals surface area contributed by atoms with Gasteiger partial charge in [0.1, 0.15) is 0 Å². The number of para-hydroxylation sites is 1. The normalized spacial score (nSPS) is 10.4. The lowest BCUT2D eigenvalue weighted by Gasteiger charge is -2.10. The van der Waals surface area contributed by atoms with E-state index < -0.39 is 5.97 Å². The summed E-state index contributed by atoms with van der Waals surface area (Å²) in [5, 5.41) is 3.61. The van der Waals surface area contributed by atoms with Crippen molar-refractivity contribution in [2.45, 2.75) is 20.0 Å². The first-order valence-corrected chi connectivity index (χ1v) is 8.61. The van der Waals surface area contributed by atoms with Crippen LogP contribution < -0.4 is 11.1 Å². The summed E-state index contributed by atoms with van der Waals surface area (Å²) in [4.78, 5) is 24.4. The predicted molar refractivity (Wildman–Crippen MR) is 104 cm³/mol. The number of hydrogen-bond donors (Lipinski definition) is 2. The number of rotatable bonds is 6. The van der Waals surface area contributed by atoms with Crippen LogP contribution in [0.15, 0.2) is 48.5 Å². The number of nitrogens with two attached hydrogens (primary N) is 1. The number of ether oxygens (including phenoxy) is 1. The van der Waals surface area contributed by atoms with E-state index in [1.54, 1.807) is 18.2 Å². The highest BCUT2D eigenvalue weighted by Crippen LogP contribution is 2.18. The molecule has 8 heteroatoms. The Labute approximate surface area is 161 Å². The number of carbonyl (C=O) groups excluding carboxylic acids is 1. The summed E-state index contributed by atoms with van der Waals surface area (Å²) in [7, 11) is 0. The SMILES string of the molecule is Cc1ccccc1Nc1nc(N)nc(COC(=O)Cc2ccccc2Cl)n1. The Kier molecular flexibility index (Phi) is 5.83. The number of nitrogen functional groups attached to an aromatic ring is 1. The molecule has 7 nitrogen and oxygen atoms in total. The van der Waals surface area contributed by atoms with Crippen LogP contribution in [0.1, 0.15) is 17.0 Å². The summed E-state index contributed by atoms with van der Waals surface area (Å²) in [6.45, 7) is 1.85. The molecular formula is C19H18ClN5O2. The van der Waals surface area contributed by atoms with E-state index in [0.29, 0.717) is 10.6 Å². The lowest BCUT2D eigenvalue weighted by molar-refractivity contribution is -0.144. The van der Waals surface area contributed by atoms with Crippen LogP contribution in [-0.4, -0.2) is 20.9 Å². The van der Waals surface area contributed by atoms with Gasteiger partial charge in [-0.2, -0.15) is 15.0 Å². The van der Waals surface area contributed by atoms with Crippen molar-refractivity contribution >= 4 is 35.2 Å². The second kappa shape index (κ2) is 8.46. The van der Waals surface area contributed by atoms with Gasteiger partial charge in [0.15, 0.2) is 12.4 Å². The molecule has 2 aromatic carbocycles. The zero-order chi connectivity index (χ0) is 19.2. The molecule has 0 aliphatic carbocycles. The summed E-state index contributed by atoms with van der Waals surface area (Å²) in [6, 6.07) is 14.8. The lowest BCUT2D eigenvalue weighted by Crippen LogP contribution is -2.12. The molecule has 0 amide bonds. The Morgan fingerprint density at radius 3 is 2.63 bits per heavy atom. The van der Waals surface area contributed by atoms with E-state index in [4.69, 9.17) is 22.1 Å². The molecule has 0 saturated heterocycles. The molecule has 0 bridgehead atoms. The van der Waals surface area contributed by atoms with Crippen LogP contribution in [-0.2, 0) is 22.6 Å². The molecule has 0 fully saturated rings. The fourth-order valence-electron chi connectivity index (χ4n) is 2.39. The molecule has 0 aliphatic heterocycles. The van der Waals surface area contributed by atoms with Crippen molar-refractivity contribution in [3.8, 4) is 0 Å². The van der Waals surface area contributed by atoms with Crippen molar-refractivity contribution in [1.82, 2.24) is 15.0 Å². The van der Waals surface area contributed by atoms with E-state index in [9.17, 15) is 4.79 Å².